The maximum absolute atomic E-state index is 13.9. The zero-order chi connectivity index (χ0) is 22.9. The Balaban J connectivity index is 1.29. The largest absolute Gasteiger partial charge is 0.337 e. The number of carbonyl (C=O) groups is 1. The summed E-state index contributed by atoms with van der Waals surface area (Å²) in [6.07, 6.45) is 7.32. The van der Waals surface area contributed by atoms with Gasteiger partial charge < -0.3 is 9.30 Å². The second-order valence-corrected chi connectivity index (χ2v) is 8.65. The zero-order valence-corrected chi connectivity index (χ0v) is 18.3. The Hall–Kier alpha value is -3.61. The van der Waals surface area contributed by atoms with Crippen LogP contribution in [0.1, 0.15) is 51.6 Å². The molecule has 0 saturated carbocycles. The van der Waals surface area contributed by atoms with Crippen molar-refractivity contribution < 1.29 is 13.6 Å². The van der Waals surface area contributed by atoms with Gasteiger partial charge in [0.1, 0.15) is 23.0 Å². The molecule has 1 atom stereocenters. The van der Waals surface area contributed by atoms with E-state index in [0.29, 0.717) is 18.8 Å². The van der Waals surface area contributed by atoms with Crippen molar-refractivity contribution in [2.24, 2.45) is 0 Å². The number of benzene rings is 1. The smallest absolute Gasteiger partial charge is 0.274 e. The molecule has 0 bridgehead atoms. The molecule has 1 aliphatic heterocycles. The SMILES string of the molecule is Cc1ccn2cc(C(=O)N3CCC[C@@H](c4ccc(Cc5c(F)cccc5F)cn4)C3)nc2c1. The molecule has 4 aromatic rings. The van der Waals surface area contributed by atoms with Gasteiger partial charge in [-0.15, -0.1) is 0 Å². The van der Waals surface area contributed by atoms with E-state index in [2.05, 4.69) is 9.97 Å². The van der Waals surface area contributed by atoms with Gasteiger partial charge in [-0.3, -0.25) is 9.78 Å². The number of halogens is 2. The number of fused-ring (bicyclic) bond motifs is 1. The molecule has 1 fully saturated rings. The maximum Gasteiger partial charge on any atom is 0.274 e. The van der Waals surface area contributed by atoms with Gasteiger partial charge in [-0.2, -0.15) is 0 Å². The Morgan fingerprint density at radius 3 is 2.73 bits per heavy atom. The van der Waals surface area contributed by atoms with Crippen LogP contribution in [0.3, 0.4) is 0 Å². The normalized spacial score (nSPS) is 16.3. The van der Waals surface area contributed by atoms with Crippen molar-refractivity contribution in [1.29, 1.82) is 0 Å². The number of pyridine rings is 2. The molecular formula is C26H24F2N4O. The number of imidazole rings is 1. The molecule has 0 spiro atoms. The molecule has 5 rings (SSSR count). The molecule has 0 aliphatic carbocycles. The molecule has 168 valence electrons. The lowest BCUT2D eigenvalue weighted by molar-refractivity contribution is 0.0700. The Morgan fingerprint density at radius 1 is 1.15 bits per heavy atom. The topological polar surface area (TPSA) is 50.5 Å². The monoisotopic (exact) mass is 446 g/mol. The summed E-state index contributed by atoms with van der Waals surface area (Å²) in [7, 11) is 0. The molecule has 5 nitrogen and oxygen atoms in total. The van der Waals surface area contributed by atoms with E-state index in [4.69, 9.17) is 0 Å². The van der Waals surface area contributed by atoms with Crippen LogP contribution in [0.25, 0.3) is 5.65 Å². The van der Waals surface area contributed by atoms with Crippen LogP contribution in [-0.4, -0.2) is 38.3 Å². The molecule has 33 heavy (non-hydrogen) atoms. The standard InChI is InChI=1S/C26H24F2N4O/c1-17-9-11-31-16-24(30-25(31)12-17)26(33)32-10-3-4-19(15-32)23-8-7-18(14-29-23)13-20-21(27)5-2-6-22(20)28/h2,5-9,11-12,14,16,19H,3-4,10,13,15H2,1H3/t19-/m1/s1. The first-order valence-electron chi connectivity index (χ1n) is 11.1. The van der Waals surface area contributed by atoms with Crippen LogP contribution in [-0.2, 0) is 6.42 Å². The summed E-state index contributed by atoms with van der Waals surface area (Å²) in [4.78, 5) is 24.0. The van der Waals surface area contributed by atoms with Crippen LogP contribution in [0.5, 0.6) is 0 Å². The number of hydrogen-bond donors (Lipinski definition) is 0. The van der Waals surface area contributed by atoms with E-state index < -0.39 is 11.6 Å². The first kappa shape index (κ1) is 21.2. The lowest BCUT2D eigenvalue weighted by Gasteiger charge is -2.32. The second-order valence-electron chi connectivity index (χ2n) is 8.65. The molecule has 1 aliphatic rings. The van der Waals surface area contributed by atoms with Crippen molar-refractivity contribution in [3.8, 4) is 0 Å². The van der Waals surface area contributed by atoms with Crippen molar-refractivity contribution in [2.45, 2.75) is 32.1 Å². The predicted molar refractivity (Wildman–Crippen MR) is 121 cm³/mol. The van der Waals surface area contributed by atoms with Gasteiger partial charge >= 0.3 is 0 Å². The minimum absolute atomic E-state index is 0.0455. The fraction of sp³-hybridized carbons (Fsp3) is 0.269. The minimum Gasteiger partial charge on any atom is -0.337 e. The number of nitrogens with zero attached hydrogens (tertiary/aromatic N) is 4. The van der Waals surface area contributed by atoms with Crippen LogP contribution >= 0.6 is 0 Å². The van der Waals surface area contributed by atoms with Crippen LogP contribution in [0.2, 0.25) is 0 Å². The molecule has 0 unspecified atom stereocenters. The number of hydrogen-bond acceptors (Lipinski definition) is 3. The third-order valence-electron chi connectivity index (χ3n) is 6.25. The number of aromatic nitrogens is 3. The van der Waals surface area contributed by atoms with E-state index in [-0.39, 0.29) is 23.8 Å². The van der Waals surface area contributed by atoms with Crippen molar-refractivity contribution >= 4 is 11.6 Å². The third kappa shape index (κ3) is 4.35. The van der Waals surface area contributed by atoms with E-state index in [1.807, 2.05) is 46.7 Å². The highest BCUT2D eigenvalue weighted by Crippen LogP contribution is 2.27. The van der Waals surface area contributed by atoms with E-state index in [1.165, 1.54) is 18.2 Å². The Bertz CT molecular complexity index is 1300. The van der Waals surface area contributed by atoms with Gasteiger partial charge in [-0.1, -0.05) is 12.1 Å². The molecule has 7 heteroatoms. The molecule has 1 saturated heterocycles. The van der Waals surface area contributed by atoms with Crippen molar-refractivity contribution in [3.05, 3.63) is 101 Å². The summed E-state index contributed by atoms with van der Waals surface area (Å²) in [6.45, 7) is 3.25. The molecule has 4 heterocycles. The summed E-state index contributed by atoms with van der Waals surface area (Å²) >= 11 is 0. The molecule has 3 aromatic heterocycles. The lowest BCUT2D eigenvalue weighted by atomic mass is 9.93. The van der Waals surface area contributed by atoms with Gasteiger partial charge in [0.15, 0.2) is 0 Å². The fourth-order valence-electron chi connectivity index (χ4n) is 4.44. The highest BCUT2D eigenvalue weighted by atomic mass is 19.1. The minimum atomic E-state index is -0.553. The van der Waals surface area contributed by atoms with Crippen LogP contribution in [0.4, 0.5) is 8.78 Å². The number of carbonyl (C=O) groups excluding carboxylic acids is 1. The number of amides is 1. The second kappa shape index (κ2) is 8.73. The Morgan fingerprint density at radius 2 is 1.97 bits per heavy atom. The van der Waals surface area contributed by atoms with Crippen molar-refractivity contribution in [3.63, 3.8) is 0 Å². The highest BCUT2D eigenvalue weighted by molar-refractivity contribution is 5.93. The van der Waals surface area contributed by atoms with Crippen LogP contribution < -0.4 is 0 Å². The lowest BCUT2D eigenvalue weighted by Crippen LogP contribution is -2.39. The van der Waals surface area contributed by atoms with E-state index in [9.17, 15) is 13.6 Å². The average molecular weight is 447 g/mol. The highest BCUT2D eigenvalue weighted by Gasteiger charge is 2.27. The fourth-order valence-corrected chi connectivity index (χ4v) is 4.44. The third-order valence-corrected chi connectivity index (χ3v) is 6.25. The molecule has 1 aromatic carbocycles. The van der Waals surface area contributed by atoms with Gasteiger partial charge in [0.05, 0.1) is 0 Å². The number of rotatable bonds is 4. The van der Waals surface area contributed by atoms with E-state index >= 15 is 0 Å². The Labute approximate surface area is 190 Å². The summed E-state index contributed by atoms with van der Waals surface area (Å²) < 4.78 is 29.8. The zero-order valence-electron chi connectivity index (χ0n) is 18.3. The summed E-state index contributed by atoms with van der Waals surface area (Å²) in [5.74, 6) is -1.07. The van der Waals surface area contributed by atoms with Crippen molar-refractivity contribution in [2.75, 3.05) is 13.1 Å². The molecule has 1 amide bonds. The van der Waals surface area contributed by atoms with E-state index in [0.717, 1.165) is 35.3 Å². The molecule has 0 N–H and O–H groups in total. The number of piperidine rings is 1. The van der Waals surface area contributed by atoms with Gasteiger partial charge in [-0.25, -0.2) is 13.8 Å². The molecule has 0 radical (unpaired) electrons. The van der Waals surface area contributed by atoms with Crippen LogP contribution in [0, 0.1) is 18.6 Å². The van der Waals surface area contributed by atoms with Gasteiger partial charge in [-0.05, 0) is 61.2 Å². The predicted octanol–water partition coefficient (Wildman–Crippen LogP) is 4.93. The quantitative estimate of drug-likeness (QED) is 0.447. The van der Waals surface area contributed by atoms with Crippen LogP contribution in [0.15, 0.2) is 61.1 Å². The van der Waals surface area contributed by atoms with Gasteiger partial charge in [0, 0.05) is 55.3 Å². The summed E-state index contributed by atoms with van der Waals surface area (Å²) in [5.41, 5.74) is 3.97. The number of likely N-dealkylation sites (tertiary alicyclic amines) is 1. The van der Waals surface area contributed by atoms with Crippen molar-refractivity contribution in [1.82, 2.24) is 19.3 Å². The average Bonchev–Trinajstić information content (AvgIpc) is 3.25. The summed E-state index contributed by atoms with van der Waals surface area (Å²) in [6, 6.07) is 11.6. The van der Waals surface area contributed by atoms with Gasteiger partial charge in [0.2, 0.25) is 0 Å². The molecular weight excluding hydrogens is 422 g/mol. The maximum atomic E-state index is 13.9. The summed E-state index contributed by atoms with van der Waals surface area (Å²) in [5, 5.41) is 0. The Kier molecular flexibility index (Phi) is 5.62. The van der Waals surface area contributed by atoms with E-state index in [1.54, 1.807) is 12.4 Å². The number of aryl methyl sites for hydroxylation is 1. The van der Waals surface area contributed by atoms with Gasteiger partial charge in [0.25, 0.3) is 5.91 Å². The first-order valence-corrected chi connectivity index (χ1v) is 11.1. The first-order chi connectivity index (χ1) is 16.0.